The zero-order chi connectivity index (χ0) is 26.1. The van der Waals surface area contributed by atoms with Gasteiger partial charge >= 0.3 is 0 Å². The van der Waals surface area contributed by atoms with Crippen LogP contribution >= 0.6 is 11.8 Å². The standard InChI is InChI=1S/C29H26N6O2S/c1-18-25(27(36)32-23-14-8-9-15-24(23)37-2)26(21-16-30-22-13-7-6-12-20(21)22)35-28(31-18)33-29(34-35)38-17-19-10-4-3-5-11-19/h3-16,26,30H,17H2,1-2H3,(H,32,36)(H,31,33,34). The Morgan fingerprint density at radius 3 is 2.66 bits per heavy atom. The highest BCUT2D eigenvalue weighted by Crippen LogP contribution is 2.40. The molecular formula is C29H26N6O2S. The molecule has 5 aromatic rings. The molecule has 8 nitrogen and oxygen atoms in total. The number of H-pyrrole nitrogens is 1. The van der Waals surface area contributed by atoms with Gasteiger partial charge in [0, 0.05) is 34.1 Å². The minimum Gasteiger partial charge on any atom is -0.495 e. The highest BCUT2D eigenvalue weighted by atomic mass is 32.2. The number of aromatic amines is 1. The highest BCUT2D eigenvalue weighted by Gasteiger charge is 2.36. The lowest BCUT2D eigenvalue weighted by Gasteiger charge is -2.28. The average Bonchev–Trinajstić information content (AvgIpc) is 3.56. The number of allylic oxidation sites excluding steroid dienone is 1. The lowest BCUT2D eigenvalue weighted by molar-refractivity contribution is -0.113. The number of hydrogen-bond donors (Lipinski definition) is 3. The largest absolute Gasteiger partial charge is 0.495 e. The summed E-state index contributed by atoms with van der Waals surface area (Å²) >= 11 is 1.56. The van der Waals surface area contributed by atoms with Crippen LogP contribution in [0.4, 0.5) is 11.6 Å². The van der Waals surface area contributed by atoms with Gasteiger partial charge in [-0.05, 0) is 30.7 Å². The van der Waals surface area contributed by atoms with E-state index in [4.69, 9.17) is 14.8 Å². The van der Waals surface area contributed by atoms with E-state index >= 15 is 0 Å². The van der Waals surface area contributed by atoms with Crippen LogP contribution in [0.25, 0.3) is 10.9 Å². The second kappa shape index (κ2) is 10.1. The van der Waals surface area contributed by atoms with Crippen molar-refractivity contribution in [1.29, 1.82) is 0 Å². The maximum atomic E-state index is 13.9. The molecule has 0 spiro atoms. The molecule has 38 heavy (non-hydrogen) atoms. The first kappa shape index (κ1) is 23.9. The topological polar surface area (TPSA) is 96.9 Å². The molecule has 6 rings (SSSR count). The van der Waals surface area contributed by atoms with Crippen molar-refractivity contribution in [2.75, 3.05) is 17.7 Å². The Balaban J connectivity index is 1.41. The van der Waals surface area contributed by atoms with Gasteiger partial charge in [-0.3, -0.25) is 4.79 Å². The van der Waals surface area contributed by atoms with Crippen LogP contribution in [0.1, 0.15) is 24.1 Å². The van der Waals surface area contributed by atoms with Gasteiger partial charge in [0.05, 0.1) is 18.4 Å². The smallest absolute Gasteiger partial charge is 0.255 e. The molecule has 3 aromatic carbocycles. The van der Waals surface area contributed by atoms with Crippen LogP contribution in [0.15, 0.2) is 101 Å². The van der Waals surface area contributed by atoms with Gasteiger partial charge in [-0.1, -0.05) is 72.4 Å². The van der Waals surface area contributed by atoms with Crippen LogP contribution in [-0.4, -0.2) is 32.8 Å². The average molecular weight is 523 g/mol. The Morgan fingerprint density at radius 2 is 1.82 bits per heavy atom. The zero-order valence-corrected chi connectivity index (χ0v) is 21.8. The van der Waals surface area contributed by atoms with Crippen molar-refractivity contribution < 1.29 is 9.53 Å². The molecule has 1 atom stereocenters. The fourth-order valence-electron chi connectivity index (χ4n) is 4.75. The highest BCUT2D eigenvalue weighted by molar-refractivity contribution is 7.98. The zero-order valence-electron chi connectivity index (χ0n) is 20.9. The van der Waals surface area contributed by atoms with E-state index in [1.165, 1.54) is 5.56 Å². The van der Waals surface area contributed by atoms with Gasteiger partial charge in [-0.15, -0.1) is 5.10 Å². The number of thioether (sulfide) groups is 1. The van der Waals surface area contributed by atoms with Crippen molar-refractivity contribution in [3.63, 3.8) is 0 Å². The Morgan fingerprint density at radius 1 is 1.05 bits per heavy atom. The minimum absolute atomic E-state index is 0.241. The number of nitrogens with one attached hydrogen (secondary N) is 3. The van der Waals surface area contributed by atoms with Crippen LogP contribution in [0, 0.1) is 0 Å². The number of hydrogen-bond acceptors (Lipinski definition) is 6. The molecule has 0 radical (unpaired) electrons. The minimum atomic E-state index is -0.490. The maximum Gasteiger partial charge on any atom is 0.255 e. The fourth-order valence-corrected chi connectivity index (χ4v) is 5.54. The van der Waals surface area contributed by atoms with E-state index in [-0.39, 0.29) is 5.91 Å². The molecule has 190 valence electrons. The predicted octanol–water partition coefficient (Wildman–Crippen LogP) is 5.99. The third-order valence-corrected chi connectivity index (χ3v) is 7.47. The number of carbonyl (C=O) groups excluding carboxylic acids is 1. The summed E-state index contributed by atoms with van der Waals surface area (Å²) in [5.41, 5.74) is 4.99. The number of para-hydroxylation sites is 3. The molecular weight excluding hydrogens is 496 g/mol. The quantitative estimate of drug-likeness (QED) is 0.227. The van der Waals surface area contributed by atoms with Gasteiger partial charge in [-0.25, -0.2) is 4.68 Å². The first-order chi connectivity index (χ1) is 18.6. The lowest BCUT2D eigenvalue weighted by Crippen LogP contribution is -2.31. The normalized spacial score (nSPS) is 14.7. The summed E-state index contributed by atoms with van der Waals surface area (Å²) in [4.78, 5) is 22.0. The molecule has 3 heterocycles. The van der Waals surface area contributed by atoms with E-state index in [1.807, 2.05) is 78.5 Å². The lowest BCUT2D eigenvalue weighted by atomic mass is 9.94. The van der Waals surface area contributed by atoms with Gasteiger partial charge in [0.15, 0.2) is 0 Å². The number of nitrogens with zero attached hydrogens (tertiary/aromatic N) is 3. The molecule has 0 saturated heterocycles. The third-order valence-electron chi connectivity index (χ3n) is 6.56. The van der Waals surface area contributed by atoms with Crippen LogP contribution < -0.4 is 15.4 Å². The molecule has 1 unspecified atom stereocenters. The Kier molecular flexibility index (Phi) is 6.35. The van der Waals surface area contributed by atoms with Gasteiger partial charge in [-0.2, -0.15) is 4.98 Å². The number of aromatic nitrogens is 4. The molecule has 0 aliphatic carbocycles. The van der Waals surface area contributed by atoms with Gasteiger partial charge < -0.3 is 20.4 Å². The SMILES string of the molecule is COc1ccccc1NC(=O)C1=C(C)Nc2nc(SCc3ccccc3)nn2C1c1c[nH]c2ccccc12. The maximum absolute atomic E-state index is 13.9. The predicted molar refractivity (Wildman–Crippen MR) is 150 cm³/mol. The molecule has 1 amide bonds. The second-order valence-corrected chi connectivity index (χ2v) is 9.89. The van der Waals surface area contributed by atoms with Crippen molar-refractivity contribution >= 4 is 40.2 Å². The summed E-state index contributed by atoms with van der Waals surface area (Å²) < 4.78 is 7.27. The van der Waals surface area contributed by atoms with Gasteiger partial charge in [0.1, 0.15) is 11.8 Å². The Hall–Kier alpha value is -4.50. The number of fused-ring (bicyclic) bond motifs is 2. The van der Waals surface area contributed by atoms with Crippen LogP contribution in [0.5, 0.6) is 5.75 Å². The summed E-state index contributed by atoms with van der Waals surface area (Å²) in [6, 6.07) is 25.2. The monoisotopic (exact) mass is 522 g/mol. The summed E-state index contributed by atoms with van der Waals surface area (Å²) in [6.07, 6.45) is 1.95. The molecule has 9 heteroatoms. The van der Waals surface area contributed by atoms with Crippen molar-refractivity contribution in [2.24, 2.45) is 0 Å². The number of carbonyl (C=O) groups is 1. The Labute approximate surface area is 224 Å². The first-order valence-electron chi connectivity index (χ1n) is 12.2. The molecule has 1 aliphatic rings. The summed E-state index contributed by atoms with van der Waals surface area (Å²) in [7, 11) is 1.59. The van der Waals surface area contributed by atoms with Crippen molar-refractivity contribution in [1.82, 2.24) is 19.7 Å². The molecule has 0 saturated carbocycles. The number of rotatable bonds is 7. The van der Waals surface area contributed by atoms with E-state index in [1.54, 1.807) is 18.9 Å². The van der Waals surface area contributed by atoms with E-state index in [9.17, 15) is 4.79 Å². The van der Waals surface area contributed by atoms with E-state index in [2.05, 4.69) is 33.8 Å². The second-order valence-electron chi connectivity index (χ2n) is 8.95. The van der Waals surface area contributed by atoms with Crippen LogP contribution in [0.3, 0.4) is 0 Å². The van der Waals surface area contributed by atoms with Gasteiger partial charge in [0.2, 0.25) is 11.1 Å². The van der Waals surface area contributed by atoms with E-state index < -0.39 is 6.04 Å². The van der Waals surface area contributed by atoms with E-state index in [0.29, 0.717) is 33.8 Å². The number of amides is 1. The molecule has 2 aromatic heterocycles. The van der Waals surface area contributed by atoms with Crippen molar-refractivity contribution in [3.8, 4) is 5.75 Å². The molecule has 0 bridgehead atoms. The summed E-state index contributed by atoms with van der Waals surface area (Å²) in [5, 5.41) is 12.9. The summed E-state index contributed by atoms with van der Waals surface area (Å²) in [5.74, 6) is 1.69. The van der Waals surface area contributed by atoms with Crippen molar-refractivity contribution in [3.05, 3.63) is 107 Å². The number of benzene rings is 3. The van der Waals surface area contributed by atoms with E-state index in [0.717, 1.165) is 22.2 Å². The molecule has 3 N–H and O–H groups in total. The third kappa shape index (κ3) is 4.41. The Bertz CT molecular complexity index is 1660. The van der Waals surface area contributed by atoms with Crippen molar-refractivity contribution in [2.45, 2.75) is 23.9 Å². The molecule has 0 fully saturated rings. The summed E-state index contributed by atoms with van der Waals surface area (Å²) in [6.45, 7) is 1.90. The van der Waals surface area contributed by atoms with Gasteiger partial charge in [0.25, 0.3) is 5.91 Å². The fraction of sp³-hybridized carbons (Fsp3) is 0.138. The van der Waals surface area contributed by atoms with Crippen LogP contribution in [0.2, 0.25) is 0 Å². The first-order valence-corrected chi connectivity index (χ1v) is 13.2. The molecule has 1 aliphatic heterocycles. The number of methoxy groups -OCH3 is 1. The number of anilines is 2. The number of ether oxygens (including phenoxy) is 1. The van der Waals surface area contributed by atoms with Crippen LogP contribution in [-0.2, 0) is 10.5 Å².